The molecule has 0 bridgehead atoms. The molecule has 0 aliphatic carbocycles. The van der Waals surface area contributed by atoms with E-state index in [4.69, 9.17) is 5.73 Å². The fraction of sp³-hybridized carbons (Fsp3) is 0.214. The van der Waals surface area contributed by atoms with Crippen LogP contribution in [0.2, 0.25) is 0 Å². The summed E-state index contributed by atoms with van der Waals surface area (Å²) in [5.41, 5.74) is 7.49. The van der Waals surface area contributed by atoms with Crippen LogP contribution < -0.4 is 16.0 Å². The Morgan fingerprint density at radius 2 is 2.38 bits per heavy atom. The second-order valence-electron chi connectivity index (χ2n) is 4.43. The largest absolute Gasteiger partial charge is 0.396 e. The molecule has 0 spiro atoms. The van der Waals surface area contributed by atoms with Gasteiger partial charge in [-0.1, -0.05) is 6.07 Å². The number of hydrogen-bond donors (Lipinski definition) is 2. The Morgan fingerprint density at radius 1 is 1.62 bits per heavy atom. The number of nitrogen functional groups attached to an aromatic ring is 1. The molecule has 1 amide bonds. The lowest BCUT2D eigenvalue weighted by atomic mass is 10.2. The minimum atomic E-state index is -0.282. The van der Waals surface area contributed by atoms with Crippen LogP contribution in [0.4, 0.5) is 10.7 Å². The maximum absolute atomic E-state index is 11.8. The maximum atomic E-state index is 11.8. The van der Waals surface area contributed by atoms with Crippen molar-refractivity contribution in [2.24, 2.45) is 0 Å². The second kappa shape index (κ2) is 6.24. The molecule has 0 saturated carbocycles. The van der Waals surface area contributed by atoms with E-state index in [0.717, 1.165) is 5.56 Å². The first kappa shape index (κ1) is 14.8. The van der Waals surface area contributed by atoms with E-state index in [1.165, 1.54) is 18.4 Å². The van der Waals surface area contributed by atoms with E-state index in [1.807, 2.05) is 24.1 Å². The summed E-state index contributed by atoms with van der Waals surface area (Å²) in [6.07, 6.45) is 3.47. The van der Waals surface area contributed by atoms with E-state index in [1.54, 1.807) is 12.4 Å². The number of hydrogen-bond acceptors (Lipinski definition) is 6. The Balaban J connectivity index is 2.35. The highest BCUT2D eigenvalue weighted by atomic mass is 32.1. The van der Waals surface area contributed by atoms with Gasteiger partial charge in [0.1, 0.15) is 21.5 Å². The molecule has 2 rings (SSSR count). The van der Waals surface area contributed by atoms with E-state index >= 15 is 0 Å². The summed E-state index contributed by atoms with van der Waals surface area (Å²) in [7, 11) is 3.39. The zero-order valence-electron chi connectivity index (χ0n) is 11.8. The SMILES string of the molecule is CNC(=O)c1sc(N(C)Cc2cccnc2)c(C#N)c1N. The summed E-state index contributed by atoms with van der Waals surface area (Å²) in [6.45, 7) is 0.579. The summed E-state index contributed by atoms with van der Waals surface area (Å²) in [6, 6.07) is 5.88. The average Bonchev–Trinajstić information content (AvgIpc) is 2.84. The number of nitriles is 1. The van der Waals surface area contributed by atoms with Crippen molar-refractivity contribution >= 4 is 27.9 Å². The van der Waals surface area contributed by atoms with Gasteiger partial charge in [-0.3, -0.25) is 9.78 Å². The molecule has 3 N–H and O–H groups in total. The quantitative estimate of drug-likeness (QED) is 0.894. The number of nitrogens with two attached hydrogens (primary N) is 1. The Bertz CT molecular complexity index is 689. The Hall–Kier alpha value is -2.59. The normalized spacial score (nSPS) is 9.95. The van der Waals surface area contributed by atoms with Gasteiger partial charge in [-0.25, -0.2) is 0 Å². The van der Waals surface area contributed by atoms with Gasteiger partial charge in [-0.15, -0.1) is 11.3 Å². The monoisotopic (exact) mass is 301 g/mol. The fourth-order valence-corrected chi connectivity index (χ4v) is 3.01. The number of thiophene rings is 1. The lowest BCUT2D eigenvalue weighted by Crippen LogP contribution is -2.17. The lowest BCUT2D eigenvalue weighted by Gasteiger charge is -2.17. The van der Waals surface area contributed by atoms with Crippen molar-refractivity contribution in [3.05, 3.63) is 40.5 Å². The number of nitrogens with zero attached hydrogens (tertiary/aromatic N) is 3. The zero-order chi connectivity index (χ0) is 15.4. The molecule has 0 saturated heterocycles. The third-order valence-corrected chi connectivity index (χ3v) is 4.28. The molecule has 7 heteroatoms. The van der Waals surface area contributed by atoms with Crippen molar-refractivity contribution < 1.29 is 4.79 Å². The van der Waals surface area contributed by atoms with Crippen molar-refractivity contribution in [1.82, 2.24) is 10.3 Å². The minimum absolute atomic E-state index is 0.231. The first-order valence-electron chi connectivity index (χ1n) is 6.23. The minimum Gasteiger partial charge on any atom is -0.396 e. The molecule has 0 aliphatic heterocycles. The summed E-state index contributed by atoms with van der Waals surface area (Å²) in [4.78, 5) is 18.1. The zero-order valence-corrected chi connectivity index (χ0v) is 12.6. The van der Waals surface area contributed by atoms with Crippen LogP contribution in [0.1, 0.15) is 20.8 Å². The molecular formula is C14H15N5OS. The molecule has 21 heavy (non-hydrogen) atoms. The van der Waals surface area contributed by atoms with E-state index in [2.05, 4.69) is 16.4 Å². The summed E-state index contributed by atoms with van der Waals surface area (Å²) >= 11 is 1.22. The number of carbonyl (C=O) groups is 1. The van der Waals surface area contributed by atoms with Gasteiger partial charge in [0.15, 0.2) is 0 Å². The summed E-state index contributed by atoms with van der Waals surface area (Å²) in [5, 5.41) is 12.5. The summed E-state index contributed by atoms with van der Waals surface area (Å²) in [5.74, 6) is -0.282. The topological polar surface area (TPSA) is 95.0 Å². The van der Waals surface area contributed by atoms with Crippen LogP contribution in [-0.4, -0.2) is 25.0 Å². The Labute approximate surface area is 126 Å². The third kappa shape index (κ3) is 2.95. The van der Waals surface area contributed by atoms with Gasteiger partial charge < -0.3 is 16.0 Å². The van der Waals surface area contributed by atoms with Crippen molar-refractivity contribution in [3.63, 3.8) is 0 Å². The number of pyridine rings is 1. The van der Waals surface area contributed by atoms with Crippen LogP contribution >= 0.6 is 11.3 Å². The van der Waals surface area contributed by atoms with E-state index < -0.39 is 0 Å². The predicted octanol–water partition coefficient (Wildman–Crippen LogP) is 1.59. The Morgan fingerprint density at radius 3 is 2.95 bits per heavy atom. The molecule has 0 unspecified atom stereocenters. The van der Waals surface area contributed by atoms with Gasteiger partial charge in [0, 0.05) is 33.0 Å². The molecule has 0 aliphatic rings. The molecule has 0 aromatic carbocycles. The molecular weight excluding hydrogens is 286 g/mol. The standard InChI is InChI=1S/C14H15N5OS/c1-17-13(20)12-11(16)10(6-15)14(21-12)19(2)8-9-4-3-5-18-7-9/h3-5,7H,8,16H2,1-2H3,(H,17,20). The first-order valence-corrected chi connectivity index (χ1v) is 7.04. The van der Waals surface area contributed by atoms with Crippen molar-refractivity contribution in [2.75, 3.05) is 24.7 Å². The van der Waals surface area contributed by atoms with Gasteiger partial charge in [0.05, 0.1) is 5.69 Å². The van der Waals surface area contributed by atoms with Gasteiger partial charge in [-0.2, -0.15) is 5.26 Å². The maximum Gasteiger partial charge on any atom is 0.263 e. The number of rotatable bonds is 4. The number of aromatic nitrogens is 1. The predicted molar refractivity (Wildman–Crippen MR) is 83.2 cm³/mol. The van der Waals surface area contributed by atoms with Crippen molar-refractivity contribution in [1.29, 1.82) is 5.26 Å². The molecule has 2 aromatic heterocycles. The van der Waals surface area contributed by atoms with Gasteiger partial charge in [0.25, 0.3) is 5.91 Å². The highest BCUT2D eigenvalue weighted by Gasteiger charge is 2.22. The lowest BCUT2D eigenvalue weighted by molar-refractivity contribution is 0.0968. The van der Waals surface area contributed by atoms with Gasteiger partial charge in [0.2, 0.25) is 0 Å². The molecule has 0 atom stereocenters. The molecule has 6 nitrogen and oxygen atoms in total. The van der Waals surface area contributed by atoms with Gasteiger partial charge >= 0.3 is 0 Å². The number of nitrogens with one attached hydrogen (secondary N) is 1. The van der Waals surface area contributed by atoms with Crippen LogP contribution in [0.5, 0.6) is 0 Å². The number of anilines is 2. The highest BCUT2D eigenvalue weighted by Crippen LogP contribution is 2.37. The average molecular weight is 301 g/mol. The second-order valence-corrected chi connectivity index (χ2v) is 5.43. The van der Waals surface area contributed by atoms with Crippen LogP contribution in [0.3, 0.4) is 0 Å². The van der Waals surface area contributed by atoms with Crippen LogP contribution in [0.25, 0.3) is 0 Å². The smallest absolute Gasteiger partial charge is 0.263 e. The van der Waals surface area contributed by atoms with E-state index in [-0.39, 0.29) is 11.6 Å². The van der Waals surface area contributed by atoms with Crippen LogP contribution in [0.15, 0.2) is 24.5 Å². The highest BCUT2D eigenvalue weighted by molar-refractivity contribution is 7.19. The first-order chi connectivity index (χ1) is 10.1. The molecule has 0 radical (unpaired) electrons. The molecule has 2 heterocycles. The molecule has 0 fully saturated rings. The van der Waals surface area contributed by atoms with E-state index in [0.29, 0.717) is 22.0 Å². The van der Waals surface area contributed by atoms with Crippen LogP contribution in [-0.2, 0) is 6.54 Å². The number of amides is 1. The van der Waals surface area contributed by atoms with Gasteiger partial charge in [-0.05, 0) is 11.6 Å². The molecule has 2 aromatic rings. The van der Waals surface area contributed by atoms with Crippen molar-refractivity contribution in [3.8, 4) is 6.07 Å². The number of carbonyl (C=O) groups excluding carboxylic acids is 1. The third-order valence-electron chi connectivity index (χ3n) is 2.96. The molecule has 108 valence electrons. The summed E-state index contributed by atoms with van der Waals surface area (Å²) < 4.78 is 0. The fourth-order valence-electron chi connectivity index (χ4n) is 1.93. The Kier molecular flexibility index (Phi) is 4.40. The van der Waals surface area contributed by atoms with E-state index in [9.17, 15) is 10.1 Å². The van der Waals surface area contributed by atoms with Crippen LogP contribution in [0, 0.1) is 11.3 Å². The van der Waals surface area contributed by atoms with Crippen molar-refractivity contribution in [2.45, 2.75) is 6.54 Å².